The lowest BCUT2D eigenvalue weighted by Gasteiger charge is -2.23. The summed E-state index contributed by atoms with van der Waals surface area (Å²) in [5, 5.41) is 0. The van der Waals surface area contributed by atoms with Crippen LogP contribution in [0.3, 0.4) is 0 Å². The lowest BCUT2D eigenvalue weighted by molar-refractivity contribution is -0.122. The Morgan fingerprint density at radius 1 is 0.528 bits per heavy atom. The average Bonchev–Trinajstić information content (AvgIpc) is 3.31. The Morgan fingerprint density at radius 3 is 1.28 bits per heavy atom. The summed E-state index contributed by atoms with van der Waals surface area (Å²) < 4.78 is 0. The van der Waals surface area contributed by atoms with Gasteiger partial charge in [0.1, 0.15) is 0 Å². The number of carbonyl (C=O) groups excluding carboxylic acids is 4. The van der Waals surface area contributed by atoms with Crippen molar-refractivity contribution in [2.75, 3.05) is 9.80 Å². The monoisotopic (exact) mass is 492 g/mol. The van der Waals surface area contributed by atoms with Crippen molar-refractivity contribution >= 4 is 35.0 Å². The van der Waals surface area contributed by atoms with E-state index in [2.05, 4.69) is 13.8 Å². The molecule has 0 spiro atoms. The lowest BCUT2D eigenvalue weighted by atomic mass is 10.1. The Bertz CT molecular complexity index is 943. The fourth-order valence-corrected chi connectivity index (χ4v) is 4.89. The highest BCUT2D eigenvalue weighted by Gasteiger charge is 2.38. The van der Waals surface area contributed by atoms with Gasteiger partial charge in [-0.25, -0.2) is 9.80 Å². The molecule has 6 heteroatoms. The number of nitrogens with zero attached hydrogens (tertiary/aromatic N) is 2. The van der Waals surface area contributed by atoms with E-state index < -0.39 is 11.8 Å². The molecule has 0 fully saturated rings. The molecule has 3 rings (SSSR count). The van der Waals surface area contributed by atoms with Gasteiger partial charge in [0.25, 0.3) is 23.6 Å². The van der Waals surface area contributed by atoms with Crippen LogP contribution in [0.1, 0.15) is 104 Å². The van der Waals surface area contributed by atoms with Crippen LogP contribution in [-0.4, -0.2) is 23.6 Å². The van der Waals surface area contributed by atoms with Crippen LogP contribution in [-0.2, 0) is 19.2 Å². The molecule has 1 aromatic rings. The van der Waals surface area contributed by atoms with Crippen LogP contribution in [0.15, 0.2) is 47.6 Å². The van der Waals surface area contributed by atoms with Crippen molar-refractivity contribution in [3.63, 3.8) is 0 Å². The summed E-state index contributed by atoms with van der Waals surface area (Å²) in [6, 6.07) is 6.67. The number of rotatable bonds is 16. The topological polar surface area (TPSA) is 74.8 Å². The largest absolute Gasteiger partial charge is 0.269 e. The molecular weight excluding hydrogens is 452 g/mol. The highest BCUT2D eigenvalue weighted by atomic mass is 16.2. The molecule has 2 aliphatic heterocycles. The predicted molar refractivity (Wildman–Crippen MR) is 144 cm³/mol. The van der Waals surface area contributed by atoms with Crippen LogP contribution < -0.4 is 9.80 Å². The molecule has 4 amide bonds. The number of para-hydroxylation sites is 2. The second-order valence-corrected chi connectivity index (χ2v) is 9.82. The van der Waals surface area contributed by atoms with Gasteiger partial charge in [0, 0.05) is 23.3 Å². The molecule has 2 aliphatic rings. The minimum atomic E-state index is -0.423. The lowest BCUT2D eigenvalue weighted by Crippen LogP contribution is -2.36. The van der Waals surface area contributed by atoms with E-state index in [1.54, 1.807) is 24.3 Å². The molecule has 0 N–H and O–H groups in total. The van der Waals surface area contributed by atoms with Gasteiger partial charge in [-0.05, 0) is 37.8 Å². The SMILES string of the molecule is CCCCCCCCC1=CC(=O)N(c2ccccc2N2C(=O)C=C(CCCCCCCC)C2=O)C1=O. The van der Waals surface area contributed by atoms with Crippen LogP contribution in [0, 0.1) is 0 Å². The number of hydrogen-bond acceptors (Lipinski definition) is 4. The van der Waals surface area contributed by atoms with Crippen molar-refractivity contribution in [1.82, 2.24) is 0 Å². The van der Waals surface area contributed by atoms with Crippen LogP contribution in [0.4, 0.5) is 11.4 Å². The maximum Gasteiger partial charge on any atom is 0.261 e. The van der Waals surface area contributed by atoms with E-state index in [1.807, 2.05) is 0 Å². The van der Waals surface area contributed by atoms with Crippen molar-refractivity contribution in [3.05, 3.63) is 47.6 Å². The van der Waals surface area contributed by atoms with E-state index in [-0.39, 0.29) is 23.2 Å². The molecule has 0 bridgehead atoms. The summed E-state index contributed by atoms with van der Waals surface area (Å²) in [4.78, 5) is 54.2. The van der Waals surface area contributed by atoms with Crippen molar-refractivity contribution < 1.29 is 19.2 Å². The van der Waals surface area contributed by atoms with Gasteiger partial charge in [-0.2, -0.15) is 0 Å². The molecule has 6 nitrogen and oxygen atoms in total. The van der Waals surface area contributed by atoms with Crippen molar-refractivity contribution in [2.45, 2.75) is 104 Å². The van der Waals surface area contributed by atoms with Gasteiger partial charge in [0.05, 0.1) is 11.4 Å². The molecule has 0 unspecified atom stereocenters. The van der Waals surface area contributed by atoms with Crippen LogP contribution in [0.2, 0.25) is 0 Å². The van der Waals surface area contributed by atoms with Gasteiger partial charge in [-0.15, -0.1) is 0 Å². The molecule has 1 aromatic carbocycles. The number of unbranched alkanes of at least 4 members (excludes halogenated alkanes) is 10. The normalized spacial score (nSPS) is 15.8. The molecule has 0 aromatic heterocycles. The number of carbonyl (C=O) groups is 4. The molecular formula is C30H40N2O4. The van der Waals surface area contributed by atoms with E-state index in [9.17, 15) is 19.2 Å². The zero-order valence-electron chi connectivity index (χ0n) is 21.9. The summed E-state index contributed by atoms with van der Waals surface area (Å²) in [6.07, 6.45) is 17.1. The summed E-state index contributed by atoms with van der Waals surface area (Å²) in [6.45, 7) is 4.35. The maximum absolute atomic E-state index is 13.2. The third kappa shape index (κ3) is 6.80. The van der Waals surface area contributed by atoms with Crippen molar-refractivity contribution in [2.24, 2.45) is 0 Å². The molecule has 0 saturated heterocycles. The molecule has 194 valence electrons. The quantitative estimate of drug-likeness (QED) is 0.188. The van der Waals surface area contributed by atoms with E-state index >= 15 is 0 Å². The zero-order chi connectivity index (χ0) is 25.9. The van der Waals surface area contributed by atoms with Crippen LogP contribution in [0.5, 0.6) is 0 Å². The summed E-state index contributed by atoms with van der Waals surface area (Å²) in [5.41, 5.74) is 1.53. The Labute approximate surface area is 215 Å². The van der Waals surface area contributed by atoms with E-state index in [0.29, 0.717) is 24.0 Å². The first-order valence-corrected chi connectivity index (χ1v) is 13.8. The number of anilines is 2. The Hall–Kier alpha value is -3.02. The Balaban J connectivity index is 1.64. The standard InChI is InChI=1S/C30H40N2O4/c1-3-5-7-9-11-13-17-23-21-27(33)31(29(23)35)25-19-15-16-20-26(25)32-28(34)22-24(30(32)36)18-14-12-10-8-6-4-2/h15-16,19-22H,3-14,17-18H2,1-2H3. The number of amides is 4. The smallest absolute Gasteiger partial charge is 0.261 e. The second kappa shape index (κ2) is 13.9. The fraction of sp³-hybridized carbons (Fsp3) is 0.533. The molecule has 0 saturated carbocycles. The minimum absolute atomic E-state index is 0.276. The van der Waals surface area contributed by atoms with Crippen LogP contribution in [0.25, 0.3) is 0 Å². The van der Waals surface area contributed by atoms with Crippen molar-refractivity contribution in [3.8, 4) is 0 Å². The average molecular weight is 493 g/mol. The van der Waals surface area contributed by atoms with Gasteiger partial charge >= 0.3 is 0 Å². The first kappa shape index (κ1) is 27.6. The van der Waals surface area contributed by atoms with E-state index in [0.717, 1.165) is 48.3 Å². The molecule has 0 atom stereocenters. The van der Waals surface area contributed by atoms with Gasteiger partial charge in [0.2, 0.25) is 0 Å². The maximum atomic E-state index is 13.2. The summed E-state index contributed by atoms with van der Waals surface area (Å²) in [5.74, 6) is -1.57. The highest BCUT2D eigenvalue weighted by Crippen LogP contribution is 2.36. The fourth-order valence-electron chi connectivity index (χ4n) is 4.89. The Morgan fingerprint density at radius 2 is 0.889 bits per heavy atom. The predicted octanol–water partition coefficient (Wildman–Crippen LogP) is 6.79. The highest BCUT2D eigenvalue weighted by molar-refractivity contribution is 6.35. The number of hydrogen-bond donors (Lipinski definition) is 0. The van der Waals surface area contributed by atoms with Crippen LogP contribution >= 0.6 is 0 Å². The van der Waals surface area contributed by atoms with E-state index in [1.165, 1.54) is 50.7 Å². The van der Waals surface area contributed by atoms with Crippen molar-refractivity contribution in [1.29, 1.82) is 0 Å². The van der Waals surface area contributed by atoms with Gasteiger partial charge in [-0.3, -0.25) is 19.2 Å². The van der Waals surface area contributed by atoms with E-state index in [4.69, 9.17) is 0 Å². The second-order valence-electron chi connectivity index (χ2n) is 9.82. The first-order chi connectivity index (χ1) is 17.5. The molecule has 0 radical (unpaired) electrons. The minimum Gasteiger partial charge on any atom is -0.269 e. The summed E-state index contributed by atoms with van der Waals surface area (Å²) in [7, 11) is 0. The number of imide groups is 2. The number of benzene rings is 1. The molecule has 2 heterocycles. The molecule has 36 heavy (non-hydrogen) atoms. The van der Waals surface area contributed by atoms with Gasteiger partial charge < -0.3 is 0 Å². The third-order valence-corrected chi connectivity index (χ3v) is 6.95. The zero-order valence-corrected chi connectivity index (χ0v) is 21.9. The first-order valence-electron chi connectivity index (χ1n) is 13.8. The Kier molecular flexibility index (Phi) is 10.6. The summed E-state index contributed by atoms with van der Waals surface area (Å²) >= 11 is 0. The third-order valence-electron chi connectivity index (χ3n) is 6.95. The molecule has 0 aliphatic carbocycles. The van der Waals surface area contributed by atoms with Gasteiger partial charge in [-0.1, -0.05) is 90.2 Å². The van der Waals surface area contributed by atoms with Gasteiger partial charge in [0.15, 0.2) is 0 Å².